The first-order chi connectivity index (χ1) is 7.58. The van der Waals surface area contributed by atoms with Gasteiger partial charge in [0.25, 0.3) is 0 Å². The molecule has 0 fully saturated rings. The fourth-order valence-corrected chi connectivity index (χ4v) is 2.09. The highest BCUT2D eigenvalue weighted by Gasteiger charge is 2.10. The minimum Gasteiger partial charge on any atom is -0.497 e. The third kappa shape index (κ3) is 3.65. The number of carbonyl (C=O) groups is 1. The SMILES string of the molecule is CCOC(=O)Nc1cc(OC)cc(I)c1I. The molecule has 0 saturated carbocycles. The van der Waals surface area contributed by atoms with Crippen LogP contribution >= 0.6 is 45.2 Å². The number of halogens is 2. The van der Waals surface area contributed by atoms with Gasteiger partial charge in [-0.3, -0.25) is 5.32 Å². The molecule has 88 valence electrons. The van der Waals surface area contributed by atoms with Gasteiger partial charge in [-0.1, -0.05) is 0 Å². The first-order valence-electron chi connectivity index (χ1n) is 4.55. The van der Waals surface area contributed by atoms with E-state index in [1.54, 1.807) is 20.1 Å². The van der Waals surface area contributed by atoms with Gasteiger partial charge in [-0.15, -0.1) is 0 Å². The molecule has 16 heavy (non-hydrogen) atoms. The van der Waals surface area contributed by atoms with Crippen molar-refractivity contribution in [2.75, 3.05) is 19.0 Å². The summed E-state index contributed by atoms with van der Waals surface area (Å²) in [6.45, 7) is 2.11. The predicted octanol–water partition coefficient (Wildman–Crippen LogP) is 3.47. The maximum Gasteiger partial charge on any atom is 0.411 e. The Balaban J connectivity index is 2.94. The minimum atomic E-state index is -0.454. The zero-order valence-corrected chi connectivity index (χ0v) is 13.2. The lowest BCUT2D eigenvalue weighted by Crippen LogP contribution is -2.14. The molecule has 0 saturated heterocycles. The van der Waals surface area contributed by atoms with Crippen LogP contribution in [0.5, 0.6) is 5.75 Å². The van der Waals surface area contributed by atoms with Gasteiger partial charge in [-0.25, -0.2) is 4.79 Å². The third-order valence-electron chi connectivity index (χ3n) is 1.75. The number of rotatable bonds is 3. The first kappa shape index (κ1) is 13.8. The van der Waals surface area contributed by atoms with E-state index in [0.717, 1.165) is 7.14 Å². The van der Waals surface area contributed by atoms with Crippen LogP contribution in [0, 0.1) is 7.14 Å². The molecule has 0 aromatic heterocycles. The topological polar surface area (TPSA) is 47.6 Å². The summed E-state index contributed by atoms with van der Waals surface area (Å²) in [7, 11) is 1.59. The largest absolute Gasteiger partial charge is 0.497 e. The van der Waals surface area contributed by atoms with Crippen molar-refractivity contribution >= 4 is 57.0 Å². The van der Waals surface area contributed by atoms with E-state index in [1.165, 1.54) is 0 Å². The van der Waals surface area contributed by atoms with Gasteiger partial charge in [0.05, 0.1) is 23.0 Å². The lowest BCUT2D eigenvalue weighted by atomic mass is 10.3. The zero-order chi connectivity index (χ0) is 12.1. The van der Waals surface area contributed by atoms with Gasteiger partial charge in [0, 0.05) is 9.64 Å². The van der Waals surface area contributed by atoms with Crippen LogP contribution in [0.25, 0.3) is 0 Å². The average molecular weight is 447 g/mol. The van der Waals surface area contributed by atoms with Crippen LogP contribution in [-0.2, 0) is 4.74 Å². The molecule has 4 nitrogen and oxygen atoms in total. The van der Waals surface area contributed by atoms with Gasteiger partial charge < -0.3 is 9.47 Å². The second-order valence-electron chi connectivity index (χ2n) is 2.82. The fraction of sp³-hybridized carbons (Fsp3) is 0.300. The standard InChI is InChI=1S/C10H11I2NO3/c1-3-16-10(14)13-8-5-6(15-2)4-7(11)9(8)12/h4-5H,3H2,1-2H3,(H,13,14). The number of carbonyl (C=O) groups excluding carboxylic acids is 1. The lowest BCUT2D eigenvalue weighted by Gasteiger charge is -2.10. The Bertz CT molecular complexity index is 396. The summed E-state index contributed by atoms with van der Waals surface area (Å²) in [6.07, 6.45) is -0.454. The monoisotopic (exact) mass is 447 g/mol. The number of nitrogens with one attached hydrogen (secondary N) is 1. The predicted molar refractivity (Wildman–Crippen MR) is 79.1 cm³/mol. The van der Waals surface area contributed by atoms with Crippen molar-refractivity contribution in [3.63, 3.8) is 0 Å². The molecule has 1 rings (SSSR count). The van der Waals surface area contributed by atoms with E-state index in [2.05, 4.69) is 50.5 Å². The summed E-state index contributed by atoms with van der Waals surface area (Å²) in [4.78, 5) is 11.3. The van der Waals surface area contributed by atoms with E-state index < -0.39 is 6.09 Å². The Kier molecular flexibility index (Phi) is 5.59. The van der Waals surface area contributed by atoms with Crippen LogP contribution in [0.15, 0.2) is 12.1 Å². The van der Waals surface area contributed by atoms with Gasteiger partial charge in [0.1, 0.15) is 5.75 Å². The Hall–Kier alpha value is -0.250. The fourth-order valence-electron chi connectivity index (χ4n) is 1.05. The molecule has 1 aromatic rings. The number of hydrogen-bond acceptors (Lipinski definition) is 3. The zero-order valence-electron chi connectivity index (χ0n) is 8.84. The van der Waals surface area contributed by atoms with Gasteiger partial charge in [-0.2, -0.15) is 0 Å². The summed E-state index contributed by atoms with van der Waals surface area (Å²) < 4.78 is 11.9. The smallest absolute Gasteiger partial charge is 0.411 e. The molecule has 0 bridgehead atoms. The molecule has 0 atom stereocenters. The second-order valence-corrected chi connectivity index (χ2v) is 5.06. The van der Waals surface area contributed by atoms with Crippen LogP contribution in [0.4, 0.5) is 10.5 Å². The number of hydrogen-bond donors (Lipinski definition) is 1. The van der Waals surface area contributed by atoms with Crippen molar-refractivity contribution in [2.24, 2.45) is 0 Å². The number of anilines is 1. The van der Waals surface area contributed by atoms with Gasteiger partial charge >= 0.3 is 6.09 Å². The summed E-state index contributed by atoms with van der Waals surface area (Å²) in [5.74, 6) is 0.705. The van der Waals surface area contributed by atoms with Crippen molar-refractivity contribution in [3.8, 4) is 5.75 Å². The van der Waals surface area contributed by atoms with Crippen LogP contribution in [0.1, 0.15) is 6.92 Å². The van der Waals surface area contributed by atoms with E-state index >= 15 is 0 Å². The van der Waals surface area contributed by atoms with Crippen LogP contribution in [0.2, 0.25) is 0 Å². The van der Waals surface area contributed by atoms with E-state index in [-0.39, 0.29) is 0 Å². The molecule has 0 aliphatic heterocycles. The molecule has 1 aromatic carbocycles. The van der Waals surface area contributed by atoms with Crippen molar-refractivity contribution in [3.05, 3.63) is 19.3 Å². The third-order valence-corrected chi connectivity index (χ3v) is 4.79. The number of methoxy groups -OCH3 is 1. The Morgan fingerprint density at radius 1 is 1.44 bits per heavy atom. The summed E-state index contributed by atoms with van der Waals surface area (Å²) >= 11 is 4.35. The van der Waals surface area contributed by atoms with Gasteiger partial charge in [0.2, 0.25) is 0 Å². The van der Waals surface area contributed by atoms with Crippen LogP contribution in [0.3, 0.4) is 0 Å². The number of benzene rings is 1. The highest BCUT2D eigenvalue weighted by atomic mass is 127. The molecule has 0 heterocycles. The normalized spacial score (nSPS) is 9.75. The van der Waals surface area contributed by atoms with Gasteiger partial charge in [-0.05, 0) is 58.2 Å². The highest BCUT2D eigenvalue weighted by Crippen LogP contribution is 2.29. The number of ether oxygens (including phenoxy) is 2. The maximum absolute atomic E-state index is 11.3. The maximum atomic E-state index is 11.3. The molecular weight excluding hydrogens is 436 g/mol. The van der Waals surface area contributed by atoms with Crippen molar-refractivity contribution in [1.29, 1.82) is 0 Å². The first-order valence-corrected chi connectivity index (χ1v) is 6.71. The number of amides is 1. The average Bonchev–Trinajstić information content (AvgIpc) is 2.24. The molecule has 1 amide bonds. The highest BCUT2D eigenvalue weighted by molar-refractivity contribution is 14.1. The molecule has 0 radical (unpaired) electrons. The van der Waals surface area contributed by atoms with Crippen molar-refractivity contribution < 1.29 is 14.3 Å². The molecular formula is C10H11I2NO3. The summed E-state index contributed by atoms with van der Waals surface area (Å²) in [5, 5.41) is 2.67. The molecule has 6 heteroatoms. The molecule has 0 aliphatic carbocycles. The second kappa shape index (κ2) is 6.48. The van der Waals surface area contributed by atoms with E-state index in [0.29, 0.717) is 18.0 Å². The molecule has 0 spiro atoms. The Morgan fingerprint density at radius 3 is 2.69 bits per heavy atom. The van der Waals surface area contributed by atoms with E-state index in [4.69, 9.17) is 9.47 Å². The Morgan fingerprint density at radius 2 is 2.12 bits per heavy atom. The van der Waals surface area contributed by atoms with Crippen LogP contribution < -0.4 is 10.1 Å². The van der Waals surface area contributed by atoms with Gasteiger partial charge in [0.15, 0.2) is 0 Å². The minimum absolute atomic E-state index is 0.351. The van der Waals surface area contributed by atoms with Crippen molar-refractivity contribution in [2.45, 2.75) is 6.92 Å². The summed E-state index contributed by atoms with van der Waals surface area (Å²) in [5.41, 5.74) is 0.697. The molecule has 0 aliphatic rings. The lowest BCUT2D eigenvalue weighted by molar-refractivity contribution is 0.168. The molecule has 0 unspecified atom stereocenters. The quantitative estimate of drug-likeness (QED) is 0.723. The van der Waals surface area contributed by atoms with Crippen LogP contribution in [-0.4, -0.2) is 19.8 Å². The summed E-state index contributed by atoms with van der Waals surface area (Å²) in [6, 6.07) is 3.67. The van der Waals surface area contributed by atoms with Crippen molar-refractivity contribution in [1.82, 2.24) is 0 Å². The Labute approximate surface area is 121 Å². The molecule has 1 N–H and O–H groups in total. The van der Waals surface area contributed by atoms with E-state index in [9.17, 15) is 4.79 Å². The van der Waals surface area contributed by atoms with E-state index in [1.807, 2.05) is 6.07 Å².